The van der Waals surface area contributed by atoms with E-state index in [-0.39, 0.29) is 11.1 Å². The third kappa shape index (κ3) is 2.98. The van der Waals surface area contributed by atoms with Crippen molar-refractivity contribution in [3.63, 3.8) is 0 Å². The summed E-state index contributed by atoms with van der Waals surface area (Å²) >= 11 is 3.67. The Labute approximate surface area is 110 Å². The molecule has 1 fully saturated rings. The average molecular weight is 272 g/mol. The van der Waals surface area contributed by atoms with Gasteiger partial charge in [0.2, 0.25) is 0 Å². The smallest absolute Gasteiger partial charge is 0.126 e. The van der Waals surface area contributed by atoms with Crippen molar-refractivity contribution in [1.82, 2.24) is 0 Å². The molecule has 1 aromatic carbocycles. The topological polar surface area (TPSA) is 20.2 Å². The second-order valence-corrected chi connectivity index (χ2v) is 7.14. The van der Waals surface area contributed by atoms with Gasteiger partial charge in [0.15, 0.2) is 0 Å². The number of aliphatic hydroxyl groups excluding tert-OH is 1. The van der Waals surface area contributed by atoms with Crippen LogP contribution in [0.5, 0.6) is 0 Å². The fourth-order valence-electron chi connectivity index (χ4n) is 1.98. The van der Waals surface area contributed by atoms with Crippen LogP contribution in [0.25, 0.3) is 0 Å². The van der Waals surface area contributed by atoms with Crippen molar-refractivity contribution < 1.29 is 9.50 Å². The highest BCUT2D eigenvalue weighted by atomic mass is 32.2. The third-order valence-electron chi connectivity index (χ3n) is 3.09. The molecule has 1 aromatic rings. The number of halogens is 1. The van der Waals surface area contributed by atoms with E-state index < -0.39 is 6.10 Å². The molecule has 0 aliphatic carbocycles. The largest absolute Gasteiger partial charge is 0.387 e. The van der Waals surface area contributed by atoms with E-state index in [1.165, 1.54) is 6.07 Å². The van der Waals surface area contributed by atoms with Crippen LogP contribution in [0.3, 0.4) is 0 Å². The molecular formula is C13H17FOS2. The highest BCUT2D eigenvalue weighted by Crippen LogP contribution is 2.38. The first-order chi connectivity index (χ1) is 8.09. The minimum Gasteiger partial charge on any atom is -0.387 e. The van der Waals surface area contributed by atoms with E-state index in [4.69, 9.17) is 0 Å². The highest BCUT2D eigenvalue weighted by molar-refractivity contribution is 8.07. The molecule has 3 unspecified atom stereocenters. The Bertz CT molecular complexity index is 397. The van der Waals surface area contributed by atoms with Gasteiger partial charge in [0.05, 0.1) is 6.10 Å². The van der Waals surface area contributed by atoms with Crippen molar-refractivity contribution in [3.05, 3.63) is 35.1 Å². The molecule has 94 valence electrons. The molecule has 2 rings (SSSR count). The van der Waals surface area contributed by atoms with Gasteiger partial charge in [-0.25, -0.2) is 4.39 Å². The normalized spacial score (nSPS) is 26.8. The number of rotatable bonds is 2. The summed E-state index contributed by atoms with van der Waals surface area (Å²) in [5.74, 6) is 1.96. The van der Waals surface area contributed by atoms with Crippen molar-refractivity contribution in [2.24, 2.45) is 0 Å². The summed E-state index contributed by atoms with van der Waals surface area (Å²) in [5.41, 5.74) is 1.32. The molecule has 17 heavy (non-hydrogen) atoms. The Hall–Kier alpha value is -0.190. The van der Waals surface area contributed by atoms with E-state index in [1.807, 2.05) is 17.8 Å². The molecule has 1 aliphatic rings. The van der Waals surface area contributed by atoms with E-state index >= 15 is 0 Å². The van der Waals surface area contributed by atoms with Crippen LogP contribution in [-0.2, 0) is 0 Å². The number of hydrogen-bond acceptors (Lipinski definition) is 3. The Morgan fingerprint density at radius 3 is 2.71 bits per heavy atom. The molecule has 0 radical (unpaired) electrons. The Morgan fingerprint density at radius 2 is 2.06 bits per heavy atom. The van der Waals surface area contributed by atoms with Gasteiger partial charge in [-0.2, -0.15) is 23.5 Å². The fraction of sp³-hybridized carbons (Fsp3) is 0.538. The zero-order chi connectivity index (χ0) is 12.4. The Kier molecular flexibility index (Phi) is 4.39. The van der Waals surface area contributed by atoms with Gasteiger partial charge in [-0.05, 0) is 24.1 Å². The summed E-state index contributed by atoms with van der Waals surface area (Å²) in [7, 11) is 0. The Balaban J connectivity index is 2.17. The highest BCUT2D eigenvalue weighted by Gasteiger charge is 2.30. The molecule has 0 amide bonds. The molecule has 0 bridgehead atoms. The second kappa shape index (κ2) is 5.63. The molecule has 1 nitrogen and oxygen atoms in total. The predicted molar refractivity (Wildman–Crippen MR) is 74.3 cm³/mol. The lowest BCUT2D eigenvalue weighted by Gasteiger charge is -2.31. The van der Waals surface area contributed by atoms with Crippen LogP contribution in [0.15, 0.2) is 18.2 Å². The van der Waals surface area contributed by atoms with E-state index in [9.17, 15) is 9.50 Å². The summed E-state index contributed by atoms with van der Waals surface area (Å²) in [6.07, 6.45) is -0.571. The predicted octanol–water partition coefficient (Wildman–Crippen LogP) is 3.40. The summed E-state index contributed by atoms with van der Waals surface area (Å²) in [5, 5.41) is 10.9. The SMILES string of the molecule is Cc1ccc(C(O)C2SCCSC2C)cc1F. The van der Waals surface area contributed by atoms with Gasteiger partial charge in [0, 0.05) is 22.0 Å². The molecule has 3 atom stereocenters. The van der Waals surface area contributed by atoms with Crippen LogP contribution < -0.4 is 0 Å². The van der Waals surface area contributed by atoms with Crippen LogP contribution in [0.1, 0.15) is 24.2 Å². The van der Waals surface area contributed by atoms with Crippen molar-refractivity contribution in [2.45, 2.75) is 30.5 Å². The molecule has 1 saturated heterocycles. The number of hydrogen-bond donors (Lipinski definition) is 1. The van der Waals surface area contributed by atoms with E-state index in [0.717, 1.165) is 11.5 Å². The van der Waals surface area contributed by atoms with Crippen molar-refractivity contribution in [3.8, 4) is 0 Å². The van der Waals surface area contributed by atoms with Crippen molar-refractivity contribution in [1.29, 1.82) is 0 Å². The fourth-order valence-corrected chi connectivity index (χ4v) is 4.81. The van der Waals surface area contributed by atoms with Crippen molar-refractivity contribution in [2.75, 3.05) is 11.5 Å². The molecule has 1 heterocycles. The lowest BCUT2D eigenvalue weighted by Crippen LogP contribution is -2.29. The molecule has 0 spiro atoms. The first-order valence-electron chi connectivity index (χ1n) is 5.77. The van der Waals surface area contributed by atoms with Gasteiger partial charge < -0.3 is 5.11 Å². The van der Waals surface area contributed by atoms with Gasteiger partial charge in [-0.1, -0.05) is 19.1 Å². The van der Waals surface area contributed by atoms with E-state index in [1.54, 1.807) is 24.8 Å². The third-order valence-corrected chi connectivity index (χ3v) is 6.27. The van der Waals surface area contributed by atoms with Gasteiger partial charge in [-0.15, -0.1) is 0 Å². The van der Waals surface area contributed by atoms with Crippen LogP contribution in [0.2, 0.25) is 0 Å². The Morgan fingerprint density at radius 1 is 1.35 bits per heavy atom. The minimum atomic E-state index is -0.571. The molecule has 0 saturated carbocycles. The zero-order valence-corrected chi connectivity index (χ0v) is 11.7. The van der Waals surface area contributed by atoms with Gasteiger partial charge in [0.25, 0.3) is 0 Å². The summed E-state index contributed by atoms with van der Waals surface area (Å²) in [6.45, 7) is 3.87. The van der Waals surface area contributed by atoms with Crippen LogP contribution >= 0.6 is 23.5 Å². The first kappa shape index (κ1) is 13.2. The molecule has 0 aromatic heterocycles. The van der Waals surface area contributed by atoms with Crippen molar-refractivity contribution >= 4 is 23.5 Å². The quantitative estimate of drug-likeness (QED) is 0.891. The monoisotopic (exact) mass is 272 g/mol. The number of aliphatic hydroxyl groups is 1. The van der Waals surface area contributed by atoms with Gasteiger partial charge in [-0.3, -0.25) is 0 Å². The maximum Gasteiger partial charge on any atom is 0.126 e. The van der Waals surface area contributed by atoms with E-state index in [0.29, 0.717) is 16.4 Å². The summed E-state index contributed by atoms with van der Waals surface area (Å²) < 4.78 is 13.5. The number of aryl methyl sites for hydroxylation is 1. The number of benzene rings is 1. The first-order valence-corrected chi connectivity index (χ1v) is 7.86. The van der Waals surface area contributed by atoms with E-state index in [2.05, 4.69) is 6.92 Å². The minimum absolute atomic E-state index is 0.163. The molecule has 1 aliphatic heterocycles. The lowest BCUT2D eigenvalue weighted by molar-refractivity contribution is 0.173. The number of thioether (sulfide) groups is 2. The van der Waals surface area contributed by atoms with Gasteiger partial charge >= 0.3 is 0 Å². The van der Waals surface area contributed by atoms with Crippen LogP contribution in [-0.4, -0.2) is 27.1 Å². The lowest BCUT2D eigenvalue weighted by atomic mass is 10.0. The van der Waals surface area contributed by atoms with Crippen LogP contribution in [0, 0.1) is 12.7 Å². The standard InChI is InChI=1S/C13H17FOS2/c1-8-3-4-10(7-11(8)14)12(15)13-9(2)16-5-6-17-13/h3-4,7,9,12-13,15H,5-6H2,1-2H3. The summed E-state index contributed by atoms with van der Waals surface area (Å²) in [4.78, 5) is 0. The maximum absolute atomic E-state index is 13.5. The second-order valence-electron chi connectivity index (χ2n) is 4.36. The van der Waals surface area contributed by atoms with Gasteiger partial charge in [0.1, 0.15) is 5.82 Å². The maximum atomic E-state index is 13.5. The summed E-state index contributed by atoms with van der Waals surface area (Å²) in [6, 6.07) is 5.03. The zero-order valence-electron chi connectivity index (χ0n) is 10.0. The molecule has 4 heteroatoms. The average Bonchev–Trinajstić information content (AvgIpc) is 2.32. The molecular weight excluding hydrogens is 255 g/mol. The molecule has 1 N–H and O–H groups in total. The van der Waals surface area contributed by atoms with Crippen LogP contribution in [0.4, 0.5) is 4.39 Å².